The van der Waals surface area contributed by atoms with Gasteiger partial charge in [0.05, 0.1) is 11.3 Å². The van der Waals surface area contributed by atoms with Crippen molar-refractivity contribution in [3.05, 3.63) is 101 Å². The van der Waals surface area contributed by atoms with Crippen LogP contribution in [0.25, 0.3) is 0 Å². The average molecular weight is 424 g/mol. The smallest absolute Gasteiger partial charge is 0.340 e. The summed E-state index contributed by atoms with van der Waals surface area (Å²) >= 11 is 0. The van der Waals surface area contributed by atoms with Crippen molar-refractivity contribution in [2.45, 2.75) is 37.4 Å². The molecule has 4 rings (SSSR count). The van der Waals surface area contributed by atoms with Gasteiger partial charge in [-0.25, -0.2) is 0 Å². The normalized spacial score (nSPS) is 16.2. The maximum atomic E-state index is 13.5. The van der Waals surface area contributed by atoms with Crippen LogP contribution in [0, 0.1) is 5.92 Å². The molecule has 0 radical (unpaired) electrons. The zero-order valence-electron chi connectivity index (χ0n) is 16.9. The molecule has 1 fully saturated rings. The van der Waals surface area contributed by atoms with E-state index in [9.17, 15) is 18.0 Å². The highest BCUT2D eigenvalue weighted by Gasteiger charge is 2.41. The number of benzene rings is 2. The lowest BCUT2D eigenvalue weighted by Crippen LogP contribution is -2.52. The van der Waals surface area contributed by atoms with E-state index in [-0.39, 0.29) is 18.2 Å². The van der Waals surface area contributed by atoms with Gasteiger partial charge in [-0.05, 0) is 48.2 Å². The third-order valence-corrected chi connectivity index (χ3v) is 5.91. The van der Waals surface area contributed by atoms with Crippen LogP contribution in [0.1, 0.15) is 41.6 Å². The van der Waals surface area contributed by atoms with Crippen molar-refractivity contribution in [1.29, 1.82) is 0 Å². The summed E-state index contributed by atoms with van der Waals surface area (Å²) in [4.78, 5) is 17.6. The molecule has 1 unspecified atom stereocenters. The van der Waals surface area contributed by atoms with Crippen LogP contribution in [0.5, 0.6) is 0 Å². The third-order valence-electron chi connectivity index (χ3n) is 5.91. The molecule has 1 aliphatic rings. The highest BCUT2D eigenvalue weighted by atomic mass is 19.4. The summed E-state index contributed by atoms with van der Waals surface area (Å²) in [6.45, 7) is 0. The Balaban J connectivity index is 1.89. The number of alkyl halides is 3. The number of carbonyl (C=O) groups is 1. The van der Waals surface area contributed by atoms with E-state index in [1.165, 1.54) is 6.07 Å². The van der Waals surface area contributed by atoms with Gasteiger partial charge in [0.1, 0.15) is 5.54 Å². The first-order valence-electron chi connectivity index (χ1n) is 10.3. The molecule has 1 aromatic heterocycles. The fourth-order valence-electron chi connectivity index (χ4n) is 3.98. The summed E-state index contributed by atoms with van der Waals surface area (Å²) in [6.07, 6.45) is -0.0492. The van der Waals surface area contributed by atoms with Crippen LogP contribution in [0.3, 0.4) is 0 Å². The van der Waals surface area contributed by atoms with Gasteiger partial charge in [0, 0.05) is 18.5 Å². The van der Waals surface area contributed by atoms with Crippen molar-refractivity contribution >= 4 is 5.91 Å². The quantitative estimate of drug-likeness (QED) is 0.568. The second kappa shape index (κ2) is 8.53. The topological polar surface area (TPSA) is 42.0 Å². The second-order valence-corrected chi connectivity index (χ2v) is 7.98. The minimum atomic E-state index is -4.49. The molecule has 0 aliphatic heterocycles. The molecule has 1 amide bonds. The molecule has 0 saturated heterocycles. The van der Waals surface area contributed by atoms with Crippen molar-refractivity contribution in [3.8, 4) is 0 Å². The van der Waals surface area contributed by atoms with Gasteiger partial charge in [0.15, 0.2) is 0 Å². The van der Waals surface area contributed by atoms with Crippen LogP contribution in [-0.4, -0.2) is 10.9 Å². The molecule has 1 atom stereocenters. The number of halogens is 3. The van der Waals surface area contributed by atoms with Crippen molar-refractivity contribution in [3.63, 3.8) is 0 Å². The lowest BCUT2D eigenvalue weighted by molar-refractivity contribution is -0.137. The molecule has 3 nitrogen and oxygen atoms in total. The monoisotopic (exact) mass is 424 g/mol. The summed E-state index contributed by atoms with van der Waals surface area (Å²) < 4.78 is 40.6. The van der Waals surface area contributed by atoms with E-state index in [1.54, 1.807) is 30.5 Å². The molecule has 1 heterocycles. The molecule has 1 saturated carbocycles. The molecule has 3 aromatic rings. The highest BCUT2D eigenvalue weighted by molar-refractivity contribution is 5.81. The maximum Gasteiger partial charge on any atom is 0.416 e. The molecule has 160 valence electrons. The SMILES string of the molecule is O=C(NC(Cc1ccccc1)(c1cccc(C(F)(F)F)c1)c1ccccn1)C1CCC1. The first-order chi connectivity index (χ1) is 14.9. The minimum Gasteiger partial charge on any atom is -0.340 e. The standard InChI is InChI=1S/C25H23F3N2O/c26-25(27,28)21-13-7-12-20(16-21)24(22-14-4-5-15-29-22,17-18-8-2-1-3-9-18)30-23(31)19-10-6-11-19/h1-5,7-9,12-16,19H,6,10-11,17H2,(H,30,31). The van der Waals surface area contributed by atoms with E-state index in [0.717, 1.165) is 37.0 Å². The van der Waals surface area contributed by atoms with Gasteiger partial charge in [0.2, 0.25) is 5.91 Å². The number of hydrogen-bond acceptors (Lipinski definition) is 2. The number of hydrogen-bond donors (Lipinski definition) is 1. The Labute approximate surface area is 179 Å². The van der Waals surface area contributed by atoms with E-state index in [0.29, 0.717) is 11.3 Å². The molecular weight excluding hydrogens is 401 g/mol. The van der Waals surface area contributed by atoms with Gasteiger partial charge in [0.25, 0.3) is 0 Å². The summed E-state index contributed by atoms with van der Waals surface area (Å²) in [6, 6.07) is 19.9. The van der Waals surface area contributed by atoms with E-state index in [1.807, 2.05) is 30.3 Å². The van der Waals surface area contributed by atoms with Gasteiger partial charge < -0.3 is 5.32 Å². The van der Waals surface area contributed by atoms with Gasteiger partial charge in [-0.2, -0.15) is 13.2 Å². The number of carbonyl (C=O) groups excluding carboxylic acids is 1. The van der Waals surface area contributed by atoms with Crippen LogP contribution >= 0.6 is 0 Å². The lowest BCUT2D eigenvalue weighted by atomic mass is 9.78. The largest absolute Gasteiger partial charge is 0.416 e. The molecule has 1 aliphatic carbocycles. The van der Waals surface area contributed by atoms with Crippen LogP contribution in [0.2, 0.25) is 0 Å². The van der Waals surface area contributed by atoms with Crippen molar-refractivity contribution < 1.29 is 18.0 Å². The van der Waals surface area contributed by atoms with Crippen molar-refractivity contribution in [2.75, 3.05) is 0 Å². The number of pyridine rings is 1. The van der Waals surface area contributed by atoms with Crippen LogP contribution in [-0.2, 0) is 22.9 Å². The van der Waals surface area contributed by atoms with Gasteiger partial charge in [-0.15, -0.1) is 0 Å². The molecule has 0 spiro atoms. The van der Waals surface area contributed by atoms with E-state index in [2.05, 4.69) is 10.3 Å². The number of rotatable bonds is 6. The fourth-order valence-corrected chi connectivity index (χ4v) is 3.98. The molecular formula is C25H23F3N2O. The predicted octanol–water partition coefficient (Wildman–Crippen LogP) is 5.50. The Morgan fingerprint density at radius 2 is 1.65 bits per heavy atom. The van der Waals surface area contributed by atoms with Crippen LogP contribution in [0.15, 0.2) is 79.0 Å². The van der Waals surface area contributed by atoms with Gasteiger partial charge >= 0.3 is 6.18 Å². The average Bonchev–Trinajstić information content (AvgIpc) is 2.73. The molecule has 31 heavy (non-hydrogen) atoms. The Morgan fingerprint density at radius 1 is 0.935 bits per heavy atom. The van der Waals surface area contributed by atoms with Crippen LogP contribution < -0.4 is 5.32 Å². The molecule has 6 heteroatoms. The van der Waals surface area contributed by atoms with Crippen molar-refractivity contribution in [2.24, 2.45) is 5.92 Å². The summed E-state index contributed by atoms with van der Waals surface area (Å²) in [5.74, 6) is -0.269. The number of nitrogens with zero attached hydrogens (tertiary/aromatic N) is 1. The first kappa shape index (κ1) is 21.1. The first-order valence-corrected chi connectivity index (χ1v) is 10.3. The zero-order chi connectivity index (χ0) is 21.9. The number of aromatic nitrogens is 1. The minimum absolute atomic E-state index is 0.121. The third kappa shape index (κ3) is 4.48. The molecule has 2 aromatic carbocycles. The zero-order valence-corrected chi connectivity index (χ0v) is 16.9. The Hall–Kier alpha value is -3.15. The predicted molar refractivity (Wildman–Crippen MR) is 112 cm³/mol. The highest BCUT2D eigenvalue weighted by Crippen LogP contribution is 2.38. The van der Waals surface area contributed by atoms with Crippen LogP contribution in [0.4, 0.5) is 13.2 Å². The maximum absolute atomic E-state index is 13.5. The summed E-state index contributed by atoms with van der Waals surface area (Å²) in [5.41, 5.74) is -0.226. The van der Waals surface area contributed by atoms with E-state index < -0.39 is 17.3 Å². The number of nitrogens with one attached hydrogen (secondary N) is 1. The molecule has 1 N–H and O–H groups in total. The van der Waals surface area contributed by atoms with Crippen molar-refractivity contribution in [1.82, 2.24) is 10.3 Å². The van der Waals surface area contributed by atoms with Gasteiger partial charge in [-0.3, -0.25) is 9.78 Å². The number of amides is 1. The second-order valence-electron chi connectivity index (χ2n) is 7.98. The molecule has 0 bridgehead atoms. The van der Waals surface area contributed by atoms with E-state index >= 15 is 0 Å². The fraction of sp³-hybridized carbons (Fsp3) is 0.280. The summed E-state index contributed by atoms with van der Waals surface area (Å²) in [7, 11) is 0. The Kier molecular flexibility index (Phi) is 5.81. The van der Waals surface area contributed by atoms with Gasteiger partial charge in [-0.1, -0.05) is 55.0 Å². The Bertz CT molecular complexity index is 1030. The van der Waals surface area contributed by atoms with E-state index in [4.69, 9.17) is 0 Å². The Morgan fingerprint density at radius 3 is 2.26 bits per heavy atom. The lowest BCUT2D eigenvalue weighted by Gasteiger charge is -2.38. The summed E-state index contributed by atoms with van der Waals surface area (Å²) in [5, 5.41) is 3.12.